The number of rotatable bonds is 4. The van der Waals surface area contributed by atoms with Gasteiger partial charge in [-0.3, -0.25) is 9.69 Å². The maximum absolute atomic E-state index is 12.4. The van der Waals surface area contributed by atoms with E-state index in [-0.39, 0.29) is 29.7 Å². The Labute approximate surface area is 161 Å². The molecule has 0 aliphatic carbocycles. The first kappa shape index (κ1) is 18.6. The van der Waals surface area contributed by atoms with Crippen molar-refractivity contribution < 1.29 is 13.9 Å². The smallest absolute Gasteiger partial charge is 0.266 e. The Morgan fingerprint density at radius 1 is 1.46 bits per heavy atom. The zero-order valence-corrected chi connectivity index (χ0v) is 16.1. The molecular weight excluding hydrogens is 372 g/mol. The molecule has 3 rings (SSSR count). The van der Waals surface area contributed by atoms with Crippen LogP contribution < -0.4 is 4.90 Å². The summed E-state index contributed by atoms with van der Waals surface area (Å²) >= 11 is 6.39. The van der Waals surface area contributed by atoms with Gasteiger partial charge in [0.1, 0.15) is 10.4 Å². The Balaban J connectivity index is 1.88. The van der Waals surface area contributed by atoms with E-state index in [1.165, 1.54) is 22.7 Å². The van der Waals surface area contributed by atoms with E-state index in [1.54, 1.807) is 6.08 Å². The van der Waals surface area contributed by atoms with Crippen LogP contribution in [0, 0.1) is 11.3 Å². The number of carbonyl (C=O) groups is 1. The van der Waals surface area contributed by atoms with Crippen molar-refractivity contribution in [3.8, 4) is 6.07 Å². The number of nitrogens with zero attached hydrogens (tertiary/aromatic N) is 4. The van der Waals surface area contributed by atoms with Crippen molar-refractivity contribution in [1.29, 1.82) is 5.26 Å². The van der Waals surface area contributed by atoms with E-state index in [0.717, 1.165) is 0 Å². The average molecular weight is 390 g/mol. The molecule has 0 N–H and O–H groups in total. The second-order valence-electron chi connectivity index (χ2n) is 6.06. The maximum Gasteiger partial charge on any atom is 0.266 e. The first-order chi connectivity index (χ1) is 12.4. The van der Waals surface area contributed by atoms with Crippen molar-refractivity contribution in [3.63, 3.8) is 0 Å². The summed E-state index contributed by atoms with van der Waals surface area (Å²) < 4.78 is 12.0. The highest BCUT2D eigenvalue weighted by atomic mass is 32.2. The number of carbonyl (C=O) groups excluding carboxylic acids is 1. The molecule has 0 unspecified atom stereocenters. The number of aromatic nitrogens is 1. The maximum atomic E-state index is 12.4. The van der Waals surface area contributed by atoms with Gasteiger partial charge in [0.05, 0.1) is 17.1 Å². The number of morpholine rings is 1. The lowest BCUT2D eigenvalue weighted by Gasteiger charge is -2.34. The molecule has 0 bridgehead atoms. The van der Waals surface area contributed by atoms with Gasteiger partial charge in [0.15, 0.2) is 0 Å². The van der Waals surface area contributed by atoms with E-state index < -0.39 is 0 Å². The van der Waals surface area contributed by atoms with Crippen LogP contribution in [0.1, 0.15) is 25.4 Å². The van der Waals surface area contributed by atoms with Crippen LogP contribution in [0.25, 0.3) is 6.08 Å². The molecule has 1 amide bonds. The number of nitriles is 1. The van der Waals surface area contributed by atoms with E-state index >= 15 is 0 Å². The highest BCUT2D eigenvalue weighted by molar-refractivity contribution is 8.26. The minimum Gasteiger partial charge on any atom is -0.420 e. The molecule has 9 heteroatoms. The van der Waals surface area contributed by atoms with Crippen molar-refractivity contribution >= 4 is 46.2 Å². The summed E-state index contributed by atoms with van der Waals surface area (Å²) in [6.07, 6.45) is 3.19. The van der Waals surface area contributed by atoms with Gasteiger partial charge in [-0.1, -0.05) is 30.1 Å². The van der Waals surface area contributed by atoms with Crippen LogP contribution >= 0.6 is 24.0 Å². The lowest BCUT2D eigenvalue weighted by Crippen LogP contribution is -2.45. The van der Waals surface area contributed by atoms with Gasteiger partial charge in [-0.05, 0) is 13.8 Å². The lowest BCUT2D eigenvalue weighted by atomic mass is 10.2. The van der Waals surface area contributed by atoms with Gasteiger partial charge in [0.2, 0.25) is 17.5 Å². The molecule has 0 spiro atoms. The molecule has 7 nitrogen and oxygen atoms in total. The highest BCUT2D eigenvalue weighted by Gasteiger charge is 2.32. The third-order valence-corrected chi connectivity index (χ3v) is 5.26. The molecule has 26 heavy (non-hydrogen) atoms. The minimum atomic E-state index is -0.216. The van der Waals surface area contributed by atoms with Crippen LogP contribution in [0.2, 0.25) is 0 Å². The van der Waals surface area contributed by atoms with E-state index in [1.807, 2.05) is 18.7 Å². The van der Waals surface area contributed by atoms with E-state index in [0.29, 0.717) is 34.7 Å². The van der Waals surface area contributed by atoms with Gasteiger partial charge in [0.25, 0.3) is 5.91 Å². The van der Waals surface area contributed by atoms with Crippen molar-refractivity contribution in [2.45, 2.75) is 26.1 Å². The average Bonchev–Trinajstić information content (AvgIpc) is 3.11. The van der Waals surface area contributed by atoms with E-state index in [9.17, 15) is 10.1 Å². The number of ether oxygens (including phenoxy) is 1. The fourth-order valence-corrected chi connectivity index (χ4v) is 4.16. The predicted molar refractivity (Wildman–Crippen MR) is 104 cm³/mol. The molecule has 0 saturated carbocycles. The van der Waals surface area contributed by atoms with Crippen LogP contribution in [-0.4, -0.2) is 52.0 Å². The highest BCUT2D eigenvalue weighted by Crippen LogP contribution is 2.33. The predicted octanol–water partition coefficient (Wildman–Crippen LogP) is 2.55. The van der Waals surface area contributed by atoms with Crippen molar-refractivity contribution in [3.05, 3.63) is 29.1 Å². The number of thioether (sulfide) groups is 1. The van der Waals surface area contributed by atoms with Gasteiger partial charge < -0.3 is 14.1 Å². The molecule has 2 saturated heterocycles. The summed E-state index contributed by atoms with van der Waals surface area (Å²) in [5.74, 6) is 0.400. The molecule has 136 valence electrons. The van der Waals surface area contributed by atoms with Crippen molar-refractivity contribution in [2.24, 2.45) is 0 Å². The van der Waals surface area contributed by atoms with Crippen LogP contribution in [0.3, 0.4) is 0 Å². The number of oxazole rings is 1. The van der Waals surface area contributed by atoms with Gasteiger partial charge in [-0.2, -0.15) is 10.2 Å². The number of hydrogen-bond acceptors (Lipinski definition) is 8. The zero-order valence-electron chi connectivity index (χ0n) is 14.5. The first-order valence-corrected chi connectivity index (χ1v) is 9.33. The van der Waals surface area contributed by atoms with Gasteiger partial charge in [-0.25, -0.2) is 0 Å². The fraction of sp³-hybridized carbons (Fsp3) is 0.412. The SMILES string of the molecule is C=CCN1C(=O)/C(=C\c2nc(C#N)c(N3C[C@@H](C)O[C@@H](C)C3)o2)SC1=S. The number of amides is 1. The molecule has 2 atom stereocenters. The van der Waals surface area contributed by atoms with Crippen LogP contribution in [0.15, 0.2) is 22.0 Å². The molecule has 1 aromatic heterocycles. The Bertz CT molecular complexity index is 816. The number of thiocarbonyl (C=S) groups is 1. The summed E-state index contributed by atoms with van der Waals surface area (Å²) in [7, 11) is 0. The molecule has 3 heterocycles. The zero-order chi connectivity index (χ0) is 18.8. The van der Waals surface area contributed by atoms with Crippen LogP contribution in [0.4, 0.5) is 5.88 Å². The molecular formula is C17H18N4O3S2. The molecule has 2 fully saturated rings. The summed E-state index contributed by atoms with van der Waals surface area (Å²) in [4.78, 5) is 20.4. The third-order valence-electron chi connectivity index (χ3n) is 3.88. The minimum absolute atomic E-state index is 0.0222. The summed E-state index contributed by atoms with van der Waals surface area (Å²) in [5, 5.41) is 9.40. The number of anilines is 1. The molecule has 1 aromatic rings. The fourth-order valence-electron chi connectivity index (χ4n) is 2.92. The topological polar surface area (TPSA) is 82.6 Å². The summed E-state index contributed by atoms with van der Waals surface area (Å²) in [6, 6.07) is 2.06. The van der Waals surface area contributed by atoms with Gasteiger partial charge in [0, 0.05) is 25.7 Å². The largest absolute Gasteiger partial charge is 0.420 e. The summed E-state index contributed by atoms with van der Waals surface area (Å²) in [6.45, 7) is 9.13. The van der Waals surface area contributed by atoms with E-state index in [2.05, 4.69) is 17.6 Å². The van der Waals surface area contributed by atoms with Crippen molar-refractivity contribution in [1.82, 2.24) is 9.88 Å². The number of hydrogen-bond donors (Lipinski definition) is 0. The lowest BCUT2D eigenvalue weighted by molar-refractivity contribution is -0.121. The first-order valence-electron chi connectivity index (χ1n) is 8.10. The van der Waals surface area contributed by atoms with E-state index in [4.69, 9.17) is 21.4 Å². The van der Waals surface area contributed by atoms with Crippen LogP contribution in [-0.2, 0) is 9.53 Å². The Morgan fingerprint density at radius 3 is 2.77 bits per heavy atom. The molecule has 0 aromatic carbocycles. The molecule has 2 aliphatic rings. The summed E-state index contributed by atoms with van der Waals surface area (Å²) in [5.41, 5.74) is 0.194. The second kappa shape index (κ2) is 7.61. The van der Waals surface area contributed by atoms with Crippen molar-refractivity contribution in [2.75, 3.05) is 24.5 Å². The van der Waals surface area contributed by atoms with Gasteiger partial charge >= 0.3 is 0 Å². The Kier molecular flexibility index (Phi) is 5.46. The molecule has 2 aliphatic heterocycles. The van der Waals surface area contributed by atoms with Crippen LogP contribution in [0.5, 0.6) is 0 Å². The second-order valence-corrected chi connectivity index (χ2v) is 7.74. The Morgan fingerprint density at radius 2 is 2.15 bits per heavy atom. The Hall–Kier alpha value is -2.15. The standard InChI is InChI=1S/C17H18N4O3S2/c1-4-5-21-15(22)13(26-17(21)25)6-14-19-12(7-18)16(24-14)20-8-10(2)23-11(3)9-20/h4,6,10-11H,1,5,8-9H2,2-3H3/b13-6+/t10-,11+. The monoisotopic (exact) mass is 390 g/mol. The normalized spacial score (nSPS) is 25.0. The third kappa shape index (κ3) is 3.67. The van der Waals surface area contributed by atoms with Gasteiger partial charge in [-0.15, -0.1) is 6.58 Å². The molecule has 0 radical (unpaired) electrons. The quantitative estimate of drug-likeness (QED) is 0.441.